The summed E-state index contributed by atoms with van der Waals surface area (Å²) in [4.78, 5) is 25.6. The van der Waals surface area contributed by atoms with Gasteiger partial charge in [-0.25, -0.2) is 0 Å². The van der Waals surface area contributed by atoms with Gasteiger partial charge in [0.15, 0.2) is 11.9 Å². The number of esters is 2. The molecule has 0 aromatic rings. The third-order valence-electron chi connectivity index (χ3n) is 3.58. The molecular formula is C15H25N3O7. The molecule has 10 nitrogen and oxygen atoms in total. The predicted octanol–water partition coefficient (Wildman–Crippen LogP) is 1.45. The number of nitrogens with zero attached hydrogens (tertiary/aromatic N) is 3. The van der Waals surface area contributed by atoms with E-state index in [0.717, 1.165) is 0 Å². The maximum absolute atomic E-state index is 11.5. The largest absolute Gasteiger partial charge is 0.466 e. The fourth-order valence-corrected chi connectivity index (χ4v) is 2.52. The van der Waals surface area contributed by atoms with E-state index in [9.17, 15) is 14.7 Å². The molecule has 4 atom stereocenters. The zero-order valence-corrected chi connectivity index (χ0v) is 14.9. The van der Waals surface area contributed by atoms with Crippen molar-refractivity contribution >= 4 is 11.9 Å². The summed E-state index contributed by atoms with van der Waals surface area (Å²) in [5, 5.41) is 14.1. The number of aliphatic hydroxyl groups excluding tert-OH is 1. The molecule has 1 aliphatic heterocycles. The average Bonchev–Trinajstić information content (AvgIpc) is 2.88. The number of ether oxygens (including phenoxy) is 4. The maximum Gasteiger partial charge on any atom is 0.305 e. The van der Waals surface area contributed by atoms with Crippen LogP contribution in [-0.4, -0.2) is 60.4 Å². The van der Waals surface area contributed by atoms with Crippen molar-refractivity contribution in [3.63, 3.8) is 0 Å². The van der Waals surface area contributed by atoms with Crippen LogP contribution in [0.5, 0.6) is 0 Å². The fraction of sp³-hybridized carbons (Fsp3) is 0.867. The van der Waals surface area contributed by atoms with Gasteiger partial charge in [-0.15, -0.1) is 0 Å². The zero-order chi connectivity index (χ0) is 19.0. The molecule has 1 fully saturated rings. The highest BCUT2D eigenvalue weighted by Gasteiger charge is 2.44. The summed E-state index contributed by atoms with van der Waals surface area (Å²) in [6, 6.07) is -0.994. The third kappa shape index (κ3) is 6.87. The van der Waals surface area contributed by atoms with Crippen LogP contribution in [0.25, 0.3) is 10.4 Å². The minimum absolute atomic E-state index is 0.0405. The Morgan fingerprint density at radius 1 is 1.48 bits per heavy atom. The molecule has 25 heavy (non-hydrogen) atoms. The van der Waals surface area contributed by atoms with E-state index in [0.29, 0.717) is 0 Å². The summed E-state index contributed by atoms with van der Waals surface area (Å²) in [6.07, 6.45) is -3.20. The van der Waals surface area contributed by atoms with Crippen LogP contribution in [-0.2, 0) is 28.5 Å². The molecule has 142 valence electrons. The van der Waals surface area contributed by atoms with Gasteiger partial charge in [0.1, 0.15) is 12.2 Å². The van der Waals surface area contributed by atoms with E-state index in [1.165, 1.54) is 6.92 Å². The Bertz CT molecular complexity index is 519. The van der Waals surface area contributed by atoms with Gasteiger partial charge in [0, 0.05) is 18.3 Å². The van der Waals surface area contributed by atoms with Gasteiger partial charge >= 0.3 is 11.9 Å². The molecule has 1 heterocycles. The van der Waals surface area contributed by atoms with E-state index in [-0.39, 0.29) is 26.1 Å². The second-order valence-corrected chi connectivity index (χ2v) is 6.05. The van der Waals surface area contributed by atoms with Crippen molar-refractivity contribution in [3.05, 3.63) is 10.4 Å². The number of aliphatic hydroxyl groups is 1. The van der Waals surface area contributed by atoms with Crippen molar-refractivity contribution in [2.45, 2.75) is 70.7 Å². The highest BCUT2D eigenvalue weighted by atomic mass is 16.8. The van der Waals surface area contributed by atoms with Crippen molar-refractivity contribution in [1.82, 2.24) is 0 Å². The van der Waals surface area contributed by atoms with Crippen LogP contribution in [0.2, 0.25) is 0 Å². The molecule has 0 radical (unpaired) electrons. The van der Waals surface area contributed by atoms with E-state index >= 15 is 0 Å². The van der Waals surface area contributed by atoms with Crippen LogP contribution in [0.3, 0.4) is 0 Å². The number of rotatable bonds is 9. The molecule has 0 spiro atoms. The van der Waals surface area contributed by atoms with Crippen LogP contribution in [0.4, 0.5) is 0 Å². The van der Waals surface area contributed by atoms with E-state index in [1.807, 2.05) is 0 Å². The van der Waals surface area contributed by atoms with Gasteiger partial charge < -0.3 is 24.1 Å². The van der Waals surface area contributed by atoms with Crippen LogP contribution in [0.1, 0.15) is 40.5 Å². The average molecular weight is 359 g/mol. The molecule has 0 bridgehead atoms. The Morgan fingerprint density at radius 3 is 2.64 bits per heavy atom. The van der Waals surface area contributed by atoms with Crippen LogP contribution in [0.15, 0.2) is 5.11 Å². The number of azide groups is 1. The van der Waals surface area contributed by atoms with Crippen molar-refractivity contribution in [2.24, 2.45) is 5.11 Å². The molecule has 0 amide bonds. The minimum atomic E-state index is -1.36. The molecule has 1 aliphatic rings. The second-order valence-electron chi connectivity index (χ2n) is 6.05. The lowest BCUT2D eigenvalue weighted by Gasteiger charge is -2.30. The lowest BCUT2D eigenvalue weighted by molar-refractivity contribution is -0.182. The smallest absolute Gasteiger partial charge is 0.305 e. The first kappa shape index (κ1) is 21.2. The predicted molar refractivity (Wildman–Crippen MR) is 85.3 cm³/mol. The van der Waals surface area contributed by atoms with Crippen LogP contribution in [0, 0.1) is 0 Å². The van der Waals surface area contributed by atoms with Gasteiger partial charge in [-0.2, -0.15) is 0 Å². The maximum atomic E-state index is 11.5. The Balaban J connectivity index is 2.87. The van der Waals surface area contributed by atoms with Gasteiger partial charge in [-0.1, -0.05) is 5.11 Å². The highest BCUT2D eigenvalue weighted by molar-refractivity contribution is 5.69. The Morgan fingerprint density at radius 2 is 2.16 bits per heavy atom. The van der Waals surface area contributed by atoms with Gasteiger partial charge in [-0.05, 0) is 32.7 Å². The molecule has 0 aromatic heterocycles. The monoisotopic (exact) mass is 359 g/mol. The molecule has 1 saturated heterocycles. The SMILES string of the molecule is CCOC(=O)CC[C@@H](N=[N+]=[N-])[C@H](O)[C@H](OC(C)=O)[C@H]1COC(C)(C)O1. The van der Waals surface area contributed by atoms with Gasteiger partial charge in [0.05, 0.1) is 19.3 Å². The molecule has 1 rings (SSSR count). The van der Waals surface area contributed by atoms with Crippen molar-refractivity contribution in [1.29, 1.82) is 0 Å². The molecule has 0 unspecified atom stereocenters. The number of carbonyl (C=O) groups excluding carboxylic acids is 2. The summed E-state index contributed by atoms with van der Waals surface area (Å²) in [7, 11) is 0. The first-order chi connectivity index (χ1) is 11.7. The van der Waals surface area contributed by atoms with Gasteiger partial charge in [0.2, 0.25) is 0 Å². The number of carbonyl (C=O) groups is 2. The molecule has 0 aliphatic carbocycles. The van der Waals surface area contributed by atoms with E-state index < -0.39 is 42.1 Å². The van der Waals surface area contributed by atoms with Gasteiger partial charge in [-0.3, -0.25) is 9.59 Å². The van der Waals surface area contributed by atoms with Crippen LogP contribution >= 0.6 is 0 Å². The quantitative estimate of drug-likeness (QED) is 0.284. The molecule has 10 heteroatoms. The Kier molecular flexibility index (Phi) is 8.11. The lowest BCUT2D eigenvalue weighted by atomic mass is 9.98. The summed E-state index contributed by atoms with van der Waals surface area (Å²) in [5.41, 5.74) is 8.73. The molecule has 0 saturated carbocycles. The summed E-state index contributed by atoms with van der Waals surface area (Å²) < 4.78 is 21.1. The summed E-state index contributed by atoms with van der Waals surface area (Å²) in [6.45, 7) is 6.58. The fourth-order valence-electron chi connectivity index (χ4n) is 2.52. The lowest BCUT2D eigenvalue weighted by Crippen LogP contribution is -2.48. The van der Waals surface area contributed by atoms with Crippen molar-refractivity contribution < 1.29 is 33.6 Å². The number of hydrogen-bond donors (Lipinski definition) is 1. The van der Waals surface area contributed by atoms with Crippen LogP contribution < -0.4 is 0 Å². The zero-order valence-electron chi connectivity index (χ0n) is 14.9. The normalized spacial score (nSPS) is 22.4. The Hall–Kier alpha value is -1.87. The first-order valence-corrected chi connectivity index (χ1v) is 8.07. The third-order valence-corrected chi connectivity index (χ3v) is 3.58. The topological polar surface area (TPSA) is 140 Å². The standard InChI is InChI=1S/C15H25N3O7/c1-5-22-12(20)7-6-10(17-18-16)13(21)14(24-9(2)19)11-8-23-15(3,4)25-11/h10-11,13-14,21H,5-8H2,1-4H3/t10-,11-,13+,14-/m1/s1. The molecule has 1 N–H and O–H groups in total. The van der Waals surface area contributed by atoms with Gasteiger partial charge in [0.25, 0.3) is 0 Å². The van der Waals surface area contributed by atoms with Crippen molar-refractivity contribution in [3.8, 4) is 0 Å². The van der Waals surface area contributed by atoms with E-state index in [4.69, 9.17) is 24.5 Å². The molecule has 0 aromatic carbocycles. The summed E-state index contributed by atoms with van der Waals surface area (Å²) >= 11 is 0. The van der Waals surface area contributed by atoms with Crippen molar-refractivity contribution in [2.75, 3.05) is 13.2 Å². The second kappa shape index (κ2) is 9.57. The Labute approximate surface area is 146 Å². The molecular weight excluding hydrogens is 334 g/mol. The number of hydrogen-bond acceptors (Lipinski definition) is 8. The highest BCUT2D eigenvalue weighted by Crippen LogP contribution is 2.28. The first-order valence-electron chi connectivity index (χ1n) is 8.07. The van der Waals surface area contributed by atoms with E-state index in [2.05, 4.69) is 10.0 Å². The van der Waals surface area contributed by atoms with E-state index in [1.54, 1.807) is 20.8 Å². The minimum Gasteiger partial charge on any atom is -0.466 e. The summed E-state index contributed by atoms with van der Waals surface area (Å²) in [5.74, 6) is -1.98.